The second kappa shape index (κ2) is 3.31. The number of aromatic nitrogens is 1. The van der Waals surface area contributed by atoms with Crippen molar-refractivity contribution in [3.63, 3.8) is 0 Å². The lowest BCUT2D eigenvalue weighted by Crippen LogP contribution is -2.18. The van der Waals surface area contributed by atoms with Crippen LogP contribution in [0.1, 0.15) is 0 Å². The molecule has 0 bridgehead atoms. The van der Waals surface area contributed by atoms with Gasteiger partial charge in [-0.2, -0.15) is 0 Å². The van der Waals surface area contributed by atoms with E-state index < -0.39 is 0 Å². The summed E-state index contributed by atoms with van der Waals surface area (Å²) < 4.78 is 0. The third-order valence-electron chi connectivity index (χ3n) is 1.92. The third kappa shape index (κ3) is 1.69. The van der Waals surface area contributed by atoms with E-state index in [-0.39, 0.29) is 0 Å². The number of anilines is 1. The fourth-order valence-corrected chi connectivity index (χ4v) is 1.21. The smallest absolute Gasteiger partial charge is 0.114 e. The number of allylic oxidation sites excluding steroid dienone is 1. The monoisotopic (exact) mass is 174 g/mol. The van der Waals surface area contributed by atoms with Crippen LogP contribution in [0.25, 0.3) is 0 Å². The van der Waals surface area contributed by atoms with Crippen molar-refractivity contribution in [2.45, 2.75) is 0 Å². The molecule has 0 saturated heterocycles. The molecule has 3 nitrogen and oxygen atoms in total. The summed E-state index contributed by atoms with van der Waals surface area (Å²) in [5.74, 6) is 0.324. The van der Waals surface area contributed by atoms with Crippen molar-refractivity contribution in [2.24, 2.45) is 0 Å². The maximum Gasteiger partial charge on any atom is 0.114 e. The summed E-state index contributed by atoms with van der Waals surface area (Å²) in [6.45, 7) is 0.701. The molecule has 0 aliphatic carbocycles. The van der Waals surface area contributed by atoms with Crippen molar-refractivity contribution in [1.29, 1.82) is 0 Å². The standard InChI is InChI=1S/C10H10N2O/c13-10-3-7-12(8-4-10)9-1-5-11-6-2-9/h1-7,13H,8H2. The quantitative estimate of drug-likeness (QED) is 0.706. The zero-order chi connectivity index (χ0) is 9.10. The minimum absolute atomic E-state index is 0.324. The van der Waals surface area contributed by atoms with Crippen LogP contribution in [0, 0.1) is 0 Å². The predicted molar refractivity (Wildman–Crippen MR) is 51.4 cm³/mol. The summed E-state index contributed by atoms with van der Waals surface area (Å²) in [5.41, 5.74) is 1.08. The fourth-order valence-electron chi connectivity index (χ4n) is 1.21. The number of pyridine rings is 1. The van der Waals surface area contributed by atoms with Gasteiger partial charge in [0.1, 0.15) is 5.76 Å². The number of nitrogens with zero attached hydrogens (tertiary/aromatic N) is 2. The van der Waals surface area contributed by atoms with Crippen molar-refractivity contribution < 1.29 is 5.11 Å². The Morgan fingerprint density at radius 3 is 2.69 bits per heavy atom. The third-order valence-corrected chi connectivity index (χ3v) is 1.92. The molecular formula is C10H10N2O. The van der Waals surface area contributed by atoms with E-state index in [0.29, 0.717) is 12.3 Å². The molecule has 0 aromatic carbocycles. The summed E-state index contributed by atoms with van der Waals surface area (Å²) in [6, 6.07) is 3.86. The maximum absolute atomic E-state index is 9.11. The first-order chi connectivity index (χ1) is 6.36. The molecule has 0 atom stereocenters. The summed E-state index contributed by atoms with van der Waals surface area (Å²) in [6.07, 6.45) is 8.79. The lowest BCUT2D eigenvalue weighted by atomic mass is 10.3. The highest BCUT2D eigenvalue weighted by Crippen LogP contribution is 2.15. The number of rotatable bonds is 1. The van der Waals surface area contributed by atoms with E-state index in [1.165, 1.54) is 0 Å². The lowest BCUT2D eigenvalue weighted by Gasteiger charge is -2.20. The Balaban J connectivity index is 2.18. The second-order valence-corrected chi connectivity index (χ2v) is 2.80. The molecule has 0 unspecified atom stereocenters. The molecule has 3 heteroatoms. The Morgan fingerprint density at radius 2 is 2.08 bits per heavy atom. The van der Waals surface area contributed by atoms with Crippen LogP contribution in [-0.4, -0.2) is 16.6 Å². The average Bonchev–Trinajstić information content (AvgIpc) is 2.20. The molecule has 0 saturated carbocycles. The second-order valence-electron chi connectivity index (χ2n) is 2.80. The Hall–Kier alpha value is -1.77. The van der Waals surface area contributed by atoms with E-state index in [0.717, 1.165) is 5.69 Å². The van der Waals surface area contributed by atoms with Crippen LogP contribution >= 0.6 is 0 Å². The Kier molecular flexibility index (Phi) is 2.00. The molecule has 1 aromatic heterocycles. The van der Waals surface area contributed by atoms with Gasteiger partial charge >= 0.3 is 0 Å². The van der Waals surface area contributed by atoms with Crippen molar-refractivity contribution in [2.75, 3.05) is 11.4 Å². The van der Waals surface area contributed by atoms with Gasteiger partial charge in [-0.25, -0.2) is 0 Å². The Bertz CT molecular complexity index is 343. The highest BCUT2D eigenvalue weighted by atomic mass is 16.3. The molecule has 2 heterocycles. The highest BCUT2D eigenvalue weighted by Gasteiger charge is 2.04. The van der Waals surface area contributed by atoms with Gasteiger partial charge in [0.2, 0.25) is 0 Å². The van der Waals surface area contributed by atoms with Gasteiger partial charge < -0.3 is 10.0 Å². The number of hydrogen-bond donors (Lipinski definition) is 1. The molecule has 1 N–H and O–H groups in total. The highest BCUT2D eigenvalue weighted by molar-refractivity contribution is 5.50. The first-order valence-corrected chi connectivity index (χ1v) is 4.10. The minimum atomic E-state index is 0.324. The zero-order valence-corrected chi connectivity index (χ0v) is 7.09. The van der Waals surface area contributed by atoms with Crippen LogP contribution < -0.4 is 4.90 Å². The van der Waals surface area contributed by atoms with Crippen molar-refractivity contribution in [3.8, 4) is 0 Å². The van der Waals surface area contributed by atoms with E-state index in [4.69, 9.17) is 5.11 Å². The van der Waals surface area contributed by atoms with Gasteiger partial charge in [-0.05, 0) is 24.3 Å². The van der Waals surface area contributed by atoms with Gasteiger partial charge in [0.15, 0.2) is 0 Å². The van der Waals surface area contributed by atoms with Crippen molar-refractivity contribution in [1.82, 2.24) is 4.98 Å². The molecular weight excluding hydrogens is 164 g/mol. The zero-order valence-electron chi connectivity index (χ0n) is 7.09. The van der Waals surface area contributed by atoms with Crippen LogP contribution in [0.3, 0.4) is 0 Å². The van der Waals surface area contributed by atoms with Gasteiger partial charge in [0, 0.05) is 30.8 Å². The molecule has 13 heavy (non-hydrogen) atoms. The van der Waals surface area contributed by atoms with Crippen LogP contribution in [0.4, 0.5) is 5.69 Å². The molecule has 66 valence electrons. The Morgan fingerprint density at radius 1 is 1.31 bits per heavy atom. The maximum atomic E-state index is 9.11. The summed E-state index contributed by atoms with van der Waals surface area (Å²) in [5, 5.41) is 9.11. The molecule has 0 fully saturated rings. The molecule has 1 aliphatic heterocycles. The summed E-state index contributed by atoms with van der Waals surface area (Å²) >= 11 is 0. The molecule has 0 spiro atoms. The fraction of sp³-hybridized carbons (Fsp3) is 0.100. The first kappa shape index (κ1) is 7.86. The van der Waals surface area contributed by atoms with E-state index in [1.807, 2.05) is 23.2 Å². The number of hydrogen-bond acceptors (Lipinski definition) is 3. The van der Waals surface area contributed by atoms with Gasteiger partial charge in [-0.3, -0.25) is 4.98 Å². The number of aliphatic hydroxyl groups is 1. The SMILES string of the molecule is OC1=CCN(c2ccncc2)C=C1. The largest absolute Gasteiger partial charge is 0.508 e. The Labute approximate surface area is 76.6 Å². The van der Waals surface area contributed by atoms with Gasteiger partial charge in [-0.1, -0.05) is 0 Å². The van der Waals surface area contributed by atoms with Crippen LogP contribution in [0.5, 0.6) is 0 Å². The van der Waals surface area contributed by atoms with Gasteiger partial charge in [0.05, 0.1) is 0 Å². The van der Waals surface area contributed by atoms with E-state index >= 15 is 0 Å². The minimum Gasteiger partial charge on any atom is -0.508 e. The first-order valence-electron chi connectivity index (χ1n) is 4.10. The van der Waals surface area contributed by atoms with E-state index in [2.05, 4.69) is 4.98 Å². The summed E-state index contributed by atoms with van der Waals surface area (Å²) in [7, 11) is 0. The lowest BCUT2D eigenvalue weighted by molar-refractivity contribution is 0.428. The molecule has 1 aliphatic rings. The molecule has 0 radical (unpaired) electrons. The van der Waals surface area contributed by atoms with Gasteiger partial charge in [-0.15, -0.1) is 0 Å². The topological polar surface area (TPSA) is 36.4 Å². The summed E-state index contributed by atoms with van der Waals surface area (Å²) in [4.78, 5) is 5.97. The van der Waals surface area contributed by atoms with Crippen LogP contribution in [-0.2, 0) is 0 Å². The van der Waals surface area contributed by atoms with Crippen LogP contribution in [0.2, 0.25) is 0 Å². The average molecular weight is 174 g/mol. The number of aliphatic hydroxyl groups excluding tert-OH is 1. The predicted octanol–water partition coefficient (Wildman–Crippen LogP) is 1.86. The van der Waals surface area contributed by atoms with Gasteiger partial charge in [0.25, 0.3) is 0 Å². The molecule has 0 amide bonds. The normalized spacial score (nSPS) is 15.7. The van der Waals surface area contributed by atoms with Crippen molar-refractivity contribution in [3.05, 3.63) is 48.6 Å². The molecule has 1 aromatic rings. The molecule has 2 rings (SSSR count). The van der Waals surface area contributed by atoms with E-state index in [9.17, 15) is 0 Å². The van der Waals surface area contributed by atoms with E-state index in [1.54, 1.807) is 24.5 Å². The van der Waals surface area contributed by atoms with Crippen LogP contribution in [0.15, 0.2) is 48.6 Å². The van der Waals surface area contributed by atoms with Crippen molar-refractivity contribution >= 4 is 5.69 Å².